The molecule has 0 saturated carbocycles. The second kappa shape index (κ2) is 9.51. The van der Waals surface area contributed by atoms with Crippen LogP contribution in [0.3, 0.4) is 0 Å². The fourth-order valence-corrected chi connectivity index (χ4v) is 4.48. The first-order valence-electron chi connectivity index (χ1n) is 11.6. The minimum atomic E-state index is 0.162. The summed E-state index contributed by atoms with van der Waals surface area (Å²) in [5.41, 5.74) is 8.13. The number of rotatable bonds is 7. The Morgan fingerprint density at radius 3 is 2.26 bits per heavy atom. The van der Waals surface area contributed by atoms with Gasteiger partial charge in [-0.15, -0.1) is 0 Å². The summed E-state index contributed by atoms with van der Waals surface area (Å²) in [5.74, 6) is 1.79. The third kappa shape index (κ3) is 4.43. The van der Waals surface area contributed by atoms with Gasteiger partial charge in [0.15, 0.2) is 0 Å². The van der Waals surface area contributed by atoms with Gasteiger partial charge in [0.1, 0.15) is 11.6 Å². The van der Waals surface area contributed by atoms with Gasteiger partial charge in [-0.2, -0.15) is 0 Å². The third-order valence-electron chi connectivity index (χ3n) is 6.28. The van der Waals surface area contributed by atoms with Crippen molar-refractivity contribution in [3.8, 4) is 17.0 Å². The zero-order valence-corrected chi connectivity index (χ0v) is 19.2. The topological polar surface area (TPSA) is 47.0 Å². The summed E-state index contributed by atoms with van der Waals surface area (Å²) in [5, 5.41) is 3.60. The highest BCUT2D eigenvalue weighted by Gasteiger charge is 2.21. The zero-order valence-electron chi connectivity index (χ0n) is 19.2. The van der Waals surface area contributed by atoms with Crippen molar-refractivity contribution >= 4 is 5.82 Å². The van der Waals surface area contributed by atoms with Crippen molar-refractivity contribution in [3.05, 3.63) is 70.5 Å². The molecular weight excluding hydrogens is 382 g/mol. The standard InChI is InChI=1S/C27H33N3O/c1-5-23-26(22-16-20-14-10-11-15-21(20)17-25(22)31-4)29-24(6-2)27(30-23)28-18(3)19-12-8-7-9-13-19/h7-9,12-13,16-18H,5-6,10-11,14-15H2,1-4H3,(H,28,30)/t18-/m1/s1. The average Bonchev–Trinajstić information content (AvgIpc) is 2.83. The van der Waals surface area contributed by atoms with Gasteiger partial charge < -0.3 is 10.1 Å². The van der Waals surface area contributed by atoms with E-state index < -0.39 is 0 Å². The normalized spacial score (nSPS) is 14.1. The van der Waals surface area contributed by atoms with Gasteiger partial charge in [0.05, 0.1) is 30.2 Å². The van der Waals surface area contributed by atoms with Crippen LogP contribution in [0.15, 0.2) is 42.5 Å². The van der Waals surface area contributed by atoms with Crippen LogP contribution in [-0.4, -0.2) is 17.1 Å². The van der Waals surface area contributed by atoms with E-state index in [1.54, 1.807) is 7.11 Å². The van der Waals surface area contributed by atoms with Crippen LogP contribution < -0.4 is 10.1 Å². The maximum Gasteiger partial charge on any atom is 0.148 e. The molecule has 0 saturated heterocycles. The summed E-state index contributed by atoms with van der Waals surface area (Å²) >= 11 is 0. The van der Waals surface area contributed by atoms with E-state index in [-0.39, 0.29) is 6.04 Å². The van der Waals surface area contributed by atoms with Crippen molar-refractivity contribution in [2.45, 2.75) is 65.3 Å². The number of ether oxygens (including phenoxy) is 1. The number of aryl methyl sites for hydroxylation is 4. The molecule has 0 fully saturated rings. The molecule has 1 atom stereocenters. The number of nitrogens with one attached hydrogen (secondary N) is 1. The van der Waals surface area contributed by atoms with Crippen LogP contribution in [-0.2, 0) is 25.7 Å². The van der Waals surface area contributed by atoms with E-state index in [0.717, 1.165) is 59.9 Å². The molecule has 31 heavy (non-hydrogen) atoms. The summed E-state index contributed by atoms with van der Waals surface area (Å²) < 4.78 is 5.81. The van der Waals surface area contributed by atoms with Crippen LogP contribution in [0.1, 0.15) is 67.7 Å². The van der Waals surface area contributed by atoms with Crippen molar-refractivity contribution in [2.75, 3.05) is 12.4 Å². The smallest absolute Gasteiger partial charge is 0.148 e. The summed E-state index contributed by atoms with van der Waals surface area (Å²) in [6.07, 6.45) is 6.43. The average molecular weight is 416 g/mol. The summed E-state index contributed by atoms with van der Waals surface area (Å²) in [6.45, 7) is 6.46. The lowest BCUT2D eigenvalue weighted by molar-refractivity contribution is 0.415. The van der Waals surface area contributed by atoms with E-state index in [1.807, 2.05) is 6.07 Å². The Morgan fingerprint density at radius 2 is 1.61 bits per heavy atom. The number of hydrogen-bond donors (Lipinski definition) is 1. The summed E-state index contributed by atoms with van der Waals surface area (Å²) in [6, 6.07) is 15.2. The van der Waals surface area contributed by atoms with Gasteiger partial charge in [0.2, 0.25) is 0 Å². The number of aromatic nitrogens is 2. The van der Waals surface area contributed by atoms with E-state index >= 15 is 0 Å². The van der Waals surface area contributed by atoms with Gasteiger partial charge in [0, 0.05) is 5.56 Å². The van der Waals surface area contributed by atoms with E-state index in [1.165, 1.54) is 29.5 Å². The van der Waals surface area contributed by atoms with Crippen molar-refractivity contribution in [3.63, 3.8) is 0 Å². The highest BCUT2D eigenvalue weighted by Crippen LogP contribution is 2.37. The van der Waals surface area contributed by atoms with Gasteiger partial charge in [0.25, 0.3) is 0 Å². The number of fused-ring (bicyclic) bond motifs is 1. The monoisotopic (exact) mass is 415 g/mol. The van der Waals surface area contributed by atoms with Crippen molar-refractivity contribution in [1.82, 2.24) is 9.97 Å². The van der Waals surface area contributed by atoms with Gasteiger partial charge >= 0.3 is 0 Å². The molecule has 0 spiro atoms. The second-order valence-corrected chi connectivity index (χ2v) is 8.33. The fourth-order valence-electron chi connectivity index (χ4n) is 4.48. The zero-order chi connectivity index (χ0) is 21.8. The lowest BCUT2D eigenvalue weighted by Gasteiger charge is -2.22. The molecule has 0 bridgehead atoms. The van der Waals surface area contributed by atoms with Crippen LogP contribution in [0.2, 0.25) is 0 Å². The van der Waals surface area contributed by atoms with Gasteiger partial charge in [-0.3, -0.25) is 0 Å². The second-order valence-electron chi connectivity index (χ2n) is 8.33. The molecule has 0 unspecified atom stereocenters. The fraction of sp³-hybridized carbons (Fsp3) is 0.407. The number of methoxy groups -OCH3 is 1. The predicted molar refractivity (Wildman–Crippen MR) is 128 cm³/mol. The van der Waals surface area contributed by atoms with E-state index in [9.17, 15) is 0 Å². The van der Waals surface area contributed by atoms with Gasteiger partial charge in [-0.05, 0) is 74.3 Å². The first-order valence-corrected chi connectivity index (χ1v) is 11.6. The van der Waals surface area contributed by atoms with Gasteiger partial charge in [-0.25, -0.2) is 9.97 Å². The summed E-state index contributed by atoms with van der Waals surface area (Å²) in [7, 11) is 1.76. The number of benzene rings is 2. The Hall–Kier alpha value is -2.88. The van der Waals surface area contributed by atoms with Crippen LogP contribution in [0, 0.1) is 0 Å². The van der Waals surface area contributed by atoms with Crippen molar-refractivity contribution < 1.29 is 4.74 Å². The highest BCUT2D eigenvalue weighted by molar-refractivity contribution is 5.72. The van der Waals surface area contributed by atoms with Crippen molar-refractivity contribution in [1.29, 1.82) is 0 Å². The minimum Gasteiger partial charge on any atom is -0.496 e. The van der Waals surface area contributed by atoms with Gasteiger partial charge in [-0.1, -0.05) is 44.2 Å². The largest absolute Gasteiger partial charge is 0.496 e. The summed E-state index contributed by atoms with van der Waals surface area (Å²) in [4.78, 5) is 10.2. The van der Waals surface area contributed by atoms with E-state index in [0.29, 0.717) is 0 Å². The van der Waals surface area contributed by atoms with E-state index in [4.69, 9.17) is 14.7 Å². The Morgan fingerprint density at radius 1 is 0.935 bits per heavy atom. The lowest BCUT2D eigenvalue weighted by atomic mass is 9.89. The molecular formula is C27H33N3O. The molecule has 0 radical (unpaired) electrons. The molecule has 0 amide bonds. The maximum absolute atomic E-state index is 5.81. The van der Waals surface area contributed by atoms with Crippen molar-refractivity contribution in [2.24, 2.45) is 0 Å². The van der Waals surface area contributed by atoms with Crippen LogP contribution in [0.25, 0.3) is 11.3 Å². The SMILES string of the molecule is CCc1nc(-c2cc3c(cc2OC)CCCC3)c(CC)nc1N[C@H](C)c1ccccc1. The Kier molecular flexibility index (Phi) is 6.55. The molecule has 0 aliphatic heterocycles. The molecule has 3 aromatic rings. The first-order chi connectivity index (χ1) is 15.1. The molecule has 4 rings (SSSR count). The lowest BCUT2D eigenvalue weighted by Crippen LogP contribution is -2.13. The highest BCUT2D eigenvalue weighted by atomic mass is 16.5. The molecule has 1 aliphatic rings. The molecule has 2 aromatic carbocycles. The van der Waals surface area contributed by atoms with Crippen LogP contribution in [0.5, 0.6) is 5.75 Å². The Labute approximate surface area is 186 Å². The van der Waals surface area contributed by atoms with E-state index in [2.05, 4.69) is 62.5 Å². The maximum atomic E-state index is 5.81. The molecule has 1 aliphatic carbocycles. The number of nitrogens with zero attached hydrogens (tertiary/aromatic N) is 2. The van der Waals surface area contributed by atoms with Crippen LogP contribution in [0.4, 0.5) is 5.82 Å². The van der Waals surface area contributed by atoms with Crippen LogP contribution >= 0.6 is 0 Å². The third-order valence-corrected chi connectivity index (χ3v) is 6.28. The molecule has 4 heteroatoms. The predicted octanol–water partition coefficient (Wildman–Crippen LogP) is 6.33. The quantitative estimate of drug-likeness (QED) is 0.490. The number of hydrogen-bond acceptors (Lipinski definition) is 4. The minimum absolute atomic E-state index is 0.162. The first kappa shape index (κ1) is 21.4. The molecule has 4 nitrogen and oxygen atoms in total. The Bertz CT molecular complexity index is 1050. The number of anilines is 1. The molecule has 1 heterocycles. The molecule has 162 valence electrons. The molecule has 1 N–H and O–H groups in total. The Balaban J connectivity index is 1.76. The molecule has 1 aromatic heterocycles.